The molecule has 1 aliphatic rings. The highest BCUT2D eigenvalue weighted by atomic mass is 16.5. The monoisotopic (exact) mass is 223 g/mol. The highest BCUT2D eigenvalue weighted by molar-refractivity contribution is 5.19. The van der Waals surface area contributed by atoms with E-state index >= 15 is 0 Å². The standard InChI is InChI=1S/C11H17N3O2/c1-2-4-12-6-10-13-9-3-5-16-7-8(9)11(15)14-10/h12H,2-7H2,1H3,(H,13,14,15). The first kappa shape index (κ1) is 11.3. The van der Waals surface area contributed by atoms with Crippen LogP contribution in [-0.4, -0.2) is 23.1 Å². The van der Waals surface area contributed by atoms with E-state index in [1.165, 1.54) is 0 Å². The first-order chi connectivity index (χ1) is 7.81. The highest BCUT2D eigenvalue weighted by Gasteiger charge is 2.15. The predicted molar refractivity (Wildman–Crippen MR) is 60.2 cm³/mol. The molecule has 0 unspecified atom stereocenters. The Morgan fingerprint density at radius 1 is 1.56 bits per heavy atom. The maximum absolute atomic E-state index is 11.7. The van der Waals surface area contributed by atoms with Crippen molar-refractivity contribution in [1.29, 1.82) is 0 Å². The number of aromatic nitrogens is 2. The summed E-state index contributed by atoms with van der Waals surface area (Å²) in [6.07, 6.45) is 1.81. The van der Waals surface area contributed by atoms with E-state index in [1.54, 1.807) is 0 Å². The van der Waals surface area contributed by atoms with E-state index < -0.39 is 0 Å². The number of fused-ring (bicyclic) bond motifs is 1. The zero-order valence-electron chi connectivity index (χ0n) is 9.51. The third kappa shape index (κ3) is 2.48. The summed E-state index contributed by atoms with van der Waals surface area (Å²) in [5.41, 5.74) is 1.52. The van der Waals surface area contributed by atoms with E-state index in [1.807, 2.05) is 0 Å². The van der Waals surface area contributed by atoms with Crippen molar-refractivity contribution in [3.8, 4) is 0 Å². The fraction of sp³-hybridized carbons (Fsp3) is 0.636. The molecule has 0 atom stereocenters. The molecule has 1 aliphatic heterocycles. The molecule has 0 spiro atoms. The van der Waals surface area contributed by atoms with E-state index in [0.29, 0.717) is 25.3 Å². The summed E-state index contributed by atoms with van der Waals surface area (Å²) in [4.78, 5) is 18.9. The van der Waals surface area contributed by atoms with Crippen LogP contribution in [0.25, 0.3) is 0 Å². The minimum Gasteiger partial charge on any atom is -0.376 e. The van der Waals surface area contributed by atoms with Gasteiger partial charge in [-0.1, -0.05) is 6.92 Å². The number of rotatable bonds is 4. The maximum Gasteiger partial charge on any atom is 0.256 e. The van der Waals surface area contributed by atoms with Gasteiger partial charge in [0.25, 0.3) is 5.56 Å². The molecular formula is C11H17N3O2. The van der Waals surface area contributed by atoms with Gasteiger partial charge in [-0.3, -0.25) is 4.79 Å². The van der Waals surface area contributed by atoms with E-state index in [2.05, 4.69) is 22.2 Å². The Morgan fingerprint density at radius 2 is 2.44 bits per heavy atom. The van der Waals surface area contributed by atoms with E-state index in [4.69, 9.17) is 4.74 Å². The molecule has 0 radical (unpaired) electrons. The van der Waals surface area contributed by atoms with Gasteiger partial charge in [0, 0.05) is 6.42 Å². The van der Waals surface area contributed by atoms with Gasteiger partial charge in [-0.2, -0.15) is 0 Å². The molecule has 88 valence electrons. The first-order valence-corrected chi connectivity index (χ1v) is 5.70. The van der Waals surface area contributed by atoms with Gasteiger partial charge in [-0.15, -0.1) is 0 Å². The van der Waals surface area contributed by atoms with Crippen molar-refractivity contribution in [3.63, 3.8) is 0 Å². The summed E-state index contributed by atoms with van der Waals surface area (Å²) in [6.45, 7) is 4.71. The summed E-state index contributed by atoms with van der Waals surface area (Å²) in [5.74, 6) is 0.721. The zero-order valence-corrected chi connectivity index (χ0v) is 9.51. The zero-order chi connectivity index (χ0) is 11.4. The van der Waals surface area contributed by atoms with Gasteiger partial charge in [0.1, 0.15) is 5.82 Å². The highest BCUT2D eigenvalue weighted by Crippen LogP contribution is 2.09. The molecule has 5 heteroatoms. The van der Waals surface area contributed by atoms with Gasteiger partial charge in [-0.25, -0.2) is 4.98 Å². The lowest BCUT2D eigenvalue weighted by Crippen LogP contribution is -2.27. The second-order valence-electron chi connectivity index (χ2n) is 3.92. The van der Waals surface area contributed by atoms with Crippen molar-refractivity contribution >= 4 is 0 Å². The second-order valence-corrected chi connectivity index (χ2v) is 3.92. The van der Waals surface area contributed by atoms with Crippen LogP contribution < -0.4 is 10.9 Å². The van der Waals surface area contributed by atoms with Crippen LogP contribution in [0.1, 0.15) is 30.4 Å². The summed E-state index contributed by atoms with van der Waals surface area (Å²) < 4.78 is 5.24. The molecule has 0 aliphatic carbocycles. The lowest BCUT2D eigenvalue weighted by molar-refractivity contribution is 0.108. The first-order valence-electron chi connectivity index (χ1n) is 5.70. The SMILES string of the molecule is CCCNCc1nc2c(c(=O)[nH]1)COCC2. The average Bonchev–Trinajstić information content (AvgIpc) is 2.30. The Hall–Kier alpha value is -1.20. The van der Waals surface area contributed by atoms with Crippen LogP contribution in [0.15, 0.2) is 4.79 Å². The molecule has 1 aromatic heterocycles. The lowest BCUT2D eigenvalue weighted by Gasteiger charge is -2.15. The van der Waals surface area contributed by atoms with Crippen LogP contribution in [0.4, 0.5) is 0 Å². The van der Waals surface area contributed by atoms with E-state index in [0.717, 1.165) is 30.9 Å². The predicted octanol–water partition coefficient (Wildman–Crippen LogP) is 0.342. The number of nitrogens with zero attached hydrogens (tertiary/aromatic N) is 1. The van der Waals surface area contributed by atoms with E-state index in [9.17, 15) is 4.79 Å². The Kier molecular flexibility index (Phi) is 3.69. The van der Waals surface area contributed by atoms with Gasteiger partial charge in [0.15, 0.2) is 0 Å². The number of H-pyrrole nitrogens is 1. The summed E-state index contributed by atoms with van der Waals surface area (Å²) >= 11 is 0. The lowest BCUT2D eigenvalue weighted by atomic mass is 10.1. The Bertz CT molecular complexity index is 414. The Labute approximate surface area is 94.2 Å². The van der Waals surface area contributed by atoms with Gasteiger partial charge in [-0.05, 0) is 13.0 Å². The molecule has 2 heterocycles. The minimum absolute atomic E-state index is 0.0574. The quantitative estimate of drug-likeness (QED) is 0.722. The average molecular weight is 223 g/mol. The normalized spacial score (nSPS) is 14.8. The van der Waals surface area contributed by atoms with Gasteiger partial charge >= 0.3 is 0 Å². The number of aromatic amines is 1. The molecule has 0 saturated carbocycles. The van der Waals surface area contributed by atoms with Crippen LogP contribution in [0, 0.1) is 0 Å². The Balaban J connectivity index is 2.15. The van der Waals surface area contributed by atoms with Crippen LogP contribution in [-0.2, 0) is 24.3 Å². The van der Waals surface area contributed by atoms with Crippen molar-refractivity contribution in [3.05, 3.63) is 27.4 Å². The summed E-state index contributed by atoms with van der Waals surface area (Å²) in [7, 11) is 0. The topological polar surface area (TPSA) is 67.0 Å². The number of hydrogen-bond acceptors (Lipinski definition) is 4. The summed E-state index contributed by atoms with van der Waals surface area (Å²) in [5, 5.41) is 3.22. The maximum atomic E-state index is 11.7. The second kappa shape index (κ2) is 5.23. The molecule has 2 N–H and O–H groups in total. The fourth-order valence-corrected chi connectivity index (χ4v) is 1.76. The van der Waals surface area contributed by atoms with Crippen LogP contribution in [0.5, 0.6) is 0 Å². The molecule has 0 saturated heterocycles. The molecule has 0 bridgehead atoms. The van der Waals surface area contributed by atoms with Crippen molar-refractivity contribution in [2.75, 3.05) is 13.2 Å². The molecule has 2 rings (SSSR count). The molecule has 0 fully saturated rings. The number of nitrogens with one attached hydrogen (secondary N) is 2. The molecular weight excluding hydrogens is 206 g/mol. The Morgan fingerprint density at radius 3 is 3.25 bits per heavy atom. The van der Waals surface area contributed by atoms with Crippen molar-refractivity contribution in [2.24, 2.45) is 0 Å². The molecule has 0 amide bonds. The van der Waals surface area contributed by atoms with Gasteiger partial charge in [0.2, 0.25) is 0 Å². The van der Waals surface area contributed by atoms with Crippen LogP contribution in [0.2, 0.25) is 0 Å². The number of hydrogen-bond donors (Lipinski definition) is 2. The van der Waals surface area contributed by atoms with Gasteiger partial charge < -0.3 is 15.0 Å². The third-order valence-electron chi connectivity index (χ3n) is 2.60. The van der Waals surface area contributed by atoms with Crippen molar-refractivity contribution < 1.29 is 4.74 Å². The molecule has 16 heavy (non-hydrogen) atoms. The number of ether oxygens (including phenoxy) is 1. The van der Waals surface area contributed by atoms with Gasteiger partial charge in [0.05, 0.1) is 31.0 Å². The smallest absolute Gasteiger partial charge is 0.256 e. The third-order valence-corrected chi connectivity index (χ3v) is 2.60. The van der Waals surface area contributed by atoms with Crippen molar-refractivity contribution in [1.82, 2.24) is 15.3 Å². The van der Waals surface area contributed by atoms with Crippen LogP contribution in [0.3, 0.4) is 0 Å². The molecule has 5 nitrogen and oxygen atoms in total. The molecule has 1 aromatic rings. The fourth-order valence-electron chi connectivity index (χ4n) is 1.76. The largest absolute Gasteiger partial charge is 0.376 e. The van der Waals surface area contributed by atoms with E-state index in [-0.39, 0.29) is 5.56 Å². The van der Waals surface area contributed by atoms with Crippen molar-refractivity contribution in [2.45, 2.75) is 32.9 Å². The van der Waals surface area contributed by atoms with Crippen LogP contribution >= 0.6 is 0 Å². The minimum atomic E-state index is -0.0574. The molecule has 0 aromatic carbocycles. The summed E-state index contributed by atoms with van der Waals surface area (Å²) in [6, 6.07) is 0.